The molecule has 3 nitrogen and oxygen atoms in total. The second-order valence-electron chi connectivity index (χ2n) is 3.16. The van der Waals surface area contributed by atoms with E-state index in [1.165, 1.54) is 35.4 Å². The maximum atomic E-state index is 12.6. The average Bonchev–Trinajstić information content (AvgIpc) is 2.48. The van der Waals surface area contributed by atoms with Gasteiger partial charge >= 0.3 is 0 Å². The van der Waals surface area contributed by atoms with Gasteiger partial charge < -0.3 is 5.11 Å². The monoisotopic (exact) mass is 195 g/mol. The van der Waals surface area contributed by atoms with Gasteiger partial charge in [-0.2, -0.15) is 0 Å². The Kier molecular flexibility index (Phi) is 2.02. The maximum absolute atomic E-state index is 12.6. The lowest BCUT2D eigenvalue weighted by Crippen LogP contribution is -2.27. The summed E-state index contributed by atoms with van der Waals surface area (Å²) in [5.41, 5.74) is 0.500. The molecule has 4 heteroatoms. The van der Waals surface area contributed by atoms with E-state index in [-0.39, 0.29) is 5.82 Å². The Balaban J connectivity index is 2.31. The van der Waals surface area contributed by atoms with E-state index in [0.29, 0.717) is 5.56 Å². The van der Waals surface area contributed by atoms with E-state index in [0.717, 1.165) is 0 Å². The van der Waals surface area contributed by atoms with Crippen LogP contribution >= 0.6 is 0 Å². The molecule has 1 atom stereocenters. The molecule has 0 radical (unpaired) electrons. The van der Waals surface area contributed by atoms with Gasteiger partial charge in [0.2, 0.25) is 5.79 Å². The molecule has 0 aliphatic carbocycles. The molecule has 1 aromatic rings. The summed E-state index contributed by atoms with van der Waals surface area (Å²) in [5.74, 6) is -1.81. The van der Waals surface area contributed by atoms with Gasteiger partial charge in [-0.3, -0.25) is 5.06 Å². The van der Waals surface area contributed by atoms with Crippen LogP contribution in [0.4, 0.5) is 4.39 Å². The third kappa shape index (κ3) is 1.49. The number of halogens is 1. The molecule has 1 aliphatic rings. The fourth-order valence-electron chi connectivity index (χ4n) is 1.32. The predicted molar refractivity (Wildman–Crippen MR) is 48.3 cm³/mol. The summed E-state index contributed by atoms with van der Waals surface area (Å²) < 4.78 is 12.6. The minimum atomic E-state index is -1.47. The van der Waals surface area contributed by atoms with Crippen LogP contribution in [0.5, 0.6) is 0 Å². The van der Waals surface area contributed by atoms with Crippen LogP contribution in [0.25, 0.3) is 0 Å². The first-order valence-corrected chi connectivity index (χ1v) is 4.20. The SMILES string of the molecule is CN1C=CC(O)(c2ccc(F)cc2)O1. The lowest BCUT2D eigenvalue weighted by molar-refractivity contribution is -0.267. The lowest BCUT2D eigenvalue weighted by atomic mass is 10.1. The molecule has 0 saturated carbocycles. The van der Waals surface area contributed by atoms with E-state index in [1.54, 1.807) is 13.2 Å². The standard InChI is InChI=1S/C10H10FNO2/c1-12-7-6-10(13,14-12)8-2-4-9(11)5-3-8/h2-7,13H,1H3. The zero-order chi connectivity index (χ0) is 10.2. The van der Waals surface area contributed by atoms with E-state index in [4.69, 9.17) is 4.84 Å². The van der Waals surface area contributed by atoms with Gasteiger partial charge in [0, 0.05) is 18.8 Å². The van der Waals surface area contributed by atoms with Crippen molar-refractivity contribution in [1.29, 1.82) is 0 Å². The molecule has 1 aromatic carbocycles. The quantitative estimate of drug-likeness (QED) is 0.734. The van der Waals surface area contributed by atoms with E-state index in [9.17, 15) is 9.50 Å². The summed E-state index contributed by atoms with van der Waals surface area (Å²) in [7, 11) is 1.66. The molecular formula is C10H10FNO2. The van der Waals surface area contributed by atoms with Crippen LogP contribution in [-0.4, -0.2) is 17.2 Å². The van der Waals surface area contributed by atoms with Crippen LogP contribution in [0.3, 0.4) is 0 Å². The van der Waals surface area contributed by atoms with Crippen LogP contribution < -0.4 is 0 Å². The van der Waals surface area contributed by atoms with Crippen molar-refractivity contribution in [3.63, 3.8) is 0 Å². The number of aliphatic hydroxyl groups is 1. The van der Waals surface area contributed by atoms with Gasteiger partial charge in [-0.1, -0.05) is 12.1 Å². The number of rotatable bonds is 1. The van der Waals surface area contributed by atoms with Crippen molar-refractivity contribution >= 4 is 0 Å². The van der Waals surface area contributed by atoms with Gasteiger partial charge in [0.15, 0.2) is 0 Å². The first-order chi connectivity index (χ1) is 6.60. The van der Waals surface area contributed by atoms with Crippen molar-refractivity contribution < 1.29 is 14.3 Å². The van der Waals surface area contributed by atoms with Gasteiger partial charge in [-0.25, -0.2) is 9.23 Å². The summed E-state index contributed by atoms with van der Waals surface area (Å²) >= 11 is 0. The Morgan fingerprint density at radius 1 is 1.36 bits per heavy atom. The van der Waals surface area contributed by atoms with E-state index < -0.39 is 5.79 Å². The molecular weight excluding hydrogens is 185 g/mol. The molecule has 14 heavy (non-hydrogen) atoms. The third-order valence-electron chi connectivity index (χ3n) is 2.05. The fraction of sp³-hybridized carbons (Fsp3) is 0.200. The van der Waals surface area contributed by atoms with Gasteiger partial charge in [-0.15, -0.1) is 0 Å². The second-order valence-corrected chi connectivity index (χ2v) is 3.16. The first kappa shape index (κ1) is 9.18. The van der Waals surface area contributed by atoms with Crippen LogP contribution in [0.2, 0.25) is 0 Å². The van der Waals surface area contributed by atoms with E-state index >= 15 is 0 Å². The lowest BCUT2D eigenvalue weighted by Gasteiger charge is -2.22. The zero-order valence-electron chi connectivity index (χ0n) is 7.64. The van der Waals surface area contributed by atoms with E-state index in [2.05, 4.69) is 0 Å². The van der Waals surface area contributed by atoms with Crippen molar-refractivity contribution in [1.82, 2.24) is 5.06 Å². The first-order valence-electron chi connectivity index (χ1n) is 4.20. The normalized spacial score (nSPS) is 25.8. The van der Waals surface area contributed by atoms with Gasteiger partial charge in [0.05, 0.1) is 0 Å². The van der Waals surface area contributed by atoms with Crippen LogP contribution in [0, 0.1) is 5.82 Å². The van der Waals surface area contributed by atoms with Crippen LogP contribution in [0.1, 0.15) is 5.56 Å². The maximum Gasteiger partial charge on any atom is 0.238 e. The highest BCUT2D eigenvalue weighted by Gasteiger charge is 2.33. The van der Waals surface area contributed by atoms with Crippen molar-refractivity contribution in [2.45, 2.75) is 5.79 Å². The number of hydrogen-bond acceptors (Lipinski definition) is 3. The van der Waals surface area contributed by atoms with Crippen molar-refractivity contribution in [2.24, 2.45) is 0 Å². The highest BCUT2D eigenvalue weighted by atomic mass is 19.1. The predicted octanol–water partition coefficient (Wildman–Crippen LogP) is 1.36. The van der Waals surface area contributed by atoms with Crippen molar-refractivity contribution in [3.05, 3.63) is 47.9 Å². The average molecular weight is 195 g/mol. The number of benzene rings is 1. The van der Waals surface area contributed by atoms with Crippen LogP contribution in [0.15, 0.2) is 36.5 Å². The molecule has 74 valence electrons. The largest absolute Gasteiger partial charge is 0.357 e. The summed E-state index contributed by atoms with van der Waals surface area (Å²) in [6.45, 7) is 0. The molecule has 0 amide bonds. The highest BCUT2D eigenvalue weighted by molar-refractivity contribution is 5.26. The van der Waals surface area contributed by atoms with Gasteiger partial charge in [-0.05, 0) is 18.2 Å². The topological polar surface area (TPSA) is 32.7 Å². The Morgan fingerprint density at radius 3 is 2.50 bits per heavy atom. The van der Waals surface area contributed by atoms with Gasteiger partial charge in [0.25, 0.3) is 0 Å². The third-order valence-corrected chi connectivity index (χ3v) is 2.05. The smallest absolute Gasteiger partial charge is 0.238 e. The number of nitrogens with zero attached hydrogens (tertiary/aromatic N) is 1. The Morgan fingerprint density at radius 2 is 2.00 bits per heavy atom. The minimum absolute atomic E-state index is 0.340. The number of hydrogen-bond donors (Lipinski definition) is 1. The molecule has 0 bridgehead atoms. The summed E-state index contributed by atoms with van der Waals surface area (Å²) in [6.07, 6.45) is 3.10. The van der Waals surface area contributed by atoms with Crippen LogP contribution in [-0.2, 0) is 10.6 Å². The van der Waals surface area contributed by atoms with Gasteiger partial charge in [0.1, 0.15) is 5.82 Å². The Hall–Kier alpha value is -1.39. The summed E-state index contributed by atoms with van der Waals surface area (Å²) in [4.78, 5) is 5.13. The molecule has 1 N–H and O–H groups in total. The van der Waals surface area contributed by atoms with Crippen molar-refractivity contribution in [3.8, 4) is 0 Å². The minimum Gasteiger partial charge on any atom is -0.357 e. The van der Waals surface area contributed by atoms with Crippen molar-refractivity contribution in [2.75, 3.05) is 7.05 Å². The zero-order valence-corrected chi connectivity index (χ0v) is 7.64. The van der Waals surface area contributed by atoms with E-state index in [1.807, 2.05) is 0 Å². The molecule has 1 unspecified atom stereocenters. The molecule has 0 spiro atoms. The molecule has 0 saturated heterocycles. The Labute approximate surface area is 81.0 Å². The number of hydroxylamine groups is 2. The molecule has 0 aromatic heterocycles. The Bertz CT molecular complexity index is 363. The molecule has 0 fully saturated rings. The molecule has 2 rings (SSSR count). The summed E-state index contributed by atoms with van der Waals surface area (Å²) in [5, 5.41) is 11.3. The fourth-order valence-corrected chi connectivity index (χ4v) is 1.32. The second kappa shape index (κ2) is 3.08. The molecule has 1 heterocycles. The summed E-state index contributed by atoms with van der Waals surface area (Å²) in [6, 6.07) is 5.53. The molecule has 1 aliphatic heterocycles. The highest BCUT2D eigenvalue weighted by Crippen LogP contribution is 2.29.